The molecule has 0 unspecified atom stereocenters. The number of sulfonamides is 1. The zero-order valence-corrected chi connectivity index (χ0v) is 12.3. The summed E-state index contributed by atoms with van der Waals surface area (Å²) in [7, 11) is -0.876. The van der Waals surface area contributed by atoms with Gasteiger partial charge in [0.2, 0.25) is 15.9 Å². The van der Waals surface area contributed by atoms with Crippen LogP contribution in [-0.4, -0.2) is 39.3 Å². The van der Waals surface area contributed by atoms with Gasteiger partial charge in [-0.1, -0.05) is 11.6 Å². The lowest BCUT2D eigenvalue weighted by molar-refractivity contribution is -0.120. The van der Waals surface area contributed by atoms with E-state index in [1.807, 2.05) is 0 Å². The summed E-state index contributed by atoms with van der Waals surface area (Å²) >= 11 is 5.87. The number of hydrogen-bond acceptors (Lipinski definition) is 4. The van der Waals surface area contributed by atoms with Crippen molar-refractivity contribution in [2.75, 3.05) is 26.4 Å². The highest BCUT2D eigenvalue weighted by atomic mass is 35.5. The second kappa shape index (κ2) is 6.23. The molecule has 1 rings (SSSR count). The lowest BCUT2D eigenvalue weighted by Gasteiger charge is -2.17. The third-order valence-electron chi connectivity index (χ3n) is 2.58. The van der Waals surface area contributed by atoms with Crippen LogP contribution in [0.5, 0.6) is 0 Å². The third kappa shape index (κ3) is 3.82. The number of hydrogen-bond donors (Lipinski definition) is 2. The predicted molar refractivity (Wildman–Crippen MR) is 74.4 cm³/mol. The molecule has 0 radical (unpaired) electrons. The van der Waals surface area contributed by atoms with Crippen LogP contribution in [0.4, 0.5) is 5.69 Å². The summed E-state index contributed by atoms with van der Waals surface area (Å²) < 4.78 is 25.6. The van der Waals surface area contributed by atoms with E-state index in [0.717, 1.165) is 4.31 Å². The van der Waals surface area contributed by atoms with Crippen molar-refractivity contribution < 1.29 is 13.2 Å². The third-order valence-corrected chi connectivity index (χ3v) is 4.91. The van der Waals surface area contributed by atoms with Gasteiger partial charge >= 0.3 is 0 Å². The van der Waals surface area contributed by atoms with Gasteiger partial charge in [0, 0.05) is 32.7 Å². The maximum Gasteiger partial charge on any atom is 0.244 e. The van der Waals surface area contributed by atoms with E-state index in [1.54, 1.807) is 0 Å². The fourth-order valence-electron chi connectivity index (χ4n) is 1.39. The topological polar surface area (TPSA) is 92.5 Å². The monoisotopic (exact) mass is 305 g/mol. The van der Waals surface area contributed by atoms with E-state index in [0.29, 0.717) is 5.69 Å². The molecule has 0 saturated carbocycles. The van der Waals surface area contributed by atoms with Crippen molar-refractivity contribution in [1.82, 2.24) is 9.62 Å². The number of nitrogens with one attached hydrogen (secondary N) is 1. The summed E-state index contributed by atoms with van der Waals surface area (Å²) in [5, 5.41) is 2.52. The molecule has 0 spiro atoms. The van der Waals surface area contributed by atoms with Crippen LogP contribution < -0.4 is 11.1 Å². The summed E-state index contributed by atoms with van der Waals surface area (Å²) in [6.45, 7) is 0.0626. The highest BCUT2D eigenvalue weighted by Crippen LogP contribution is 2.26. The molecule has 0 aliphatic rings. The number of carbonyl (C=O) groups is 1. The average molecular weight is 306 g/mol. The van der Waals surface area contributed by atoms with E-state index in [4.69, 9.17) is 17.3 Å². The molecule has 1 aromatic rings. The fraction of sp³-hybridized carbons (Fsp3) is 0.364. The molecule has 0 atom stereocenters. The van der Waals surface area contributed by atoms with Crippen LogP contribution in [0.3, 0.4) is 0 Å². The Bertz CT molecular complexity index is 575. The fourth-order valence-corrected chi connectivity index (χ4v) is 3.07. The first-order valence-electron chi connectivity index (χ1n) is 5.51. The highest BCUT2D eigenvalue weighted by molar-refractivity contribution is 7.89. The number of rotatable bonds is 5. The second-order valence-electron chi connectivity index (χ2n) is 3.94. The van der Waals surface area contributed by atoms with Crippen molar-refractivity contribution in [2.24, 2.45) is 0 Å². The summed E-state index contributed by atoms with van der Waals surface area (Å²) in [5.74, 6) is -0.235. The first-order chi connectivity index (χ1) is 8.78. The smallest absolute Gasteiger partial charge is 0.244 e. The summed E-state index contributed by atoms with van der Waals surface area (Å²) in [6.07, 6.45) is 0.0756. The molecule has 19 heavy (non-hydrogen) atoms. The summed E-state index contributed by atoms with van der Waals surface area (Å²) in [5.41, 5.74) is 5.87. The molecule has 0 saturated heterocycles. The maximum atomic E-state index is 12.3. The van der Waals surface area contributed by atoms with Gasteiger partial charge in [0.1, 0.15) is 4.90 Å². The normalized spacial score (nSPS) is 11.6. The van der Waals surface area contributed by atoms with E-state index in [1.165, 1.54) is 32.3 Å². The number of halogens is 1. The molecule has 8 heteroatoms. The van der Waals surface area contributed by atoms with E-state index >= 15 is 0 Å². The summed E-state index contributed by atoms with van der Waals surface area (Å²) in [4.78, 5) is 11.1. The number of nitrogens with zero attached hydrogens (tertiary/aromatic N) is 1. The number of nitrogens with two attached hydrogens (primary N) is 1. The Hall–Kier alpha value is -1.31. The van der Waals surface area contributed by atoms with Crippen LogP contribution >= 0.6 is 11.6 Å². The van der Waals surface area contributed by atoms with Crippen molar-refractivity contribution in [3.05, 3.63) is 23.2 Å². The zero-order chi connectivity index (χ0) is 14.6. The molecule has 1 amide bonds. The van der Waals surface area contributed by atoms with Crippen LogP contribution in [0, 0.1) is 0 Å². The Morgan fingerprint density at radius 2 is 2.11 bits per heavy atom. The Labute approximate surface area is 117 Å². The Morgan fingerprint density at radius 3 is 2.68 bits per heavy atom. The lowest BCUT2D eigenvalue weighted by Crippen LogP contribution is -2.31. The number of anilines is 1. The van der Waals surface area contributed by atoms with E-state index in [9.17, 15) is 13.2 Å². The van der Waals surface area contributed by atoms with Gasteiger partial charge in [-0.25, -0.2) is 12.7 Å². The largest absolute Gasteiger partial charge is 0.399 e. The lowest BCUT2D eigenvalue weighted by atomic mass is 10.3. The van der Waals surface area contributed by atoms with Crippen molar-refractivity contribution in [3.63, 3.8) is 0 Å². The first kappa shape index (κ1) is 15.7. The van der Waals surface area contributed by atoms with Crippen LogP contribution in [-0.2, 0) is 14.8 Å². The quantitative estimate of drug-likeness (QED) is 0.782. The first-order valence-corrected chi connectivity index (χ1v) is 7.32. The van der Waals surface area contributed by atoms with Crippen LogP contribution in [0.2, 0.25) is 5.02 Å². The SMILES string of the molecule is CNC(=O)CCN(C)S(=O)(=O)c1cc(N)ccc1Cl. The Balaban J connectivity index is 2.97. The van der Waals surface area contributed by atoms with Gasteiger partial charge < -0.3 is 11.1 Å². The van der Waals surface area contributed by atoms with Crippen molar-refractivity contribution in [2.45, 2.75) is 11.3 Å². The van der Waals surface area contributed by atoms with Gasteiger partial charge in [0.25, 0.3) is 0 Å². The number of carbonyl (C=O) groups excluding carboxylic acids is 1. The number of amides is 1. The van der Waals surface area contributed by atoms with Crippen LogP contribution in [0.25, 0.3) is 0 Å². The van der Waals surface area contributed by atoms with Gasteiger partial charge in [-0.3, -0.25) is 4.79 Å². The number of nitrogen functional groups attached to an aromatic ring is 1. The summed E-state index contributed by atoms with van der Waals surface area (Å²) in [6, 6.07) is 4.25. The molecule has 1 aromatic carbocycles. The molecule has 0 aliphatic carbocycles. The molecular weight excluding hydrogens is 290 g/mol. The molecule has 0 aromatic heterocycles. The molecule has 106 valence electrons. The molecule has 3 N–H and O–H groups in total. The second-order valence-corrected chi connectivity index (χ2v) is 6.36. The van der Waals surface area contributed by atoms with E-state index in [2.05, 4.69) is 5.32 Å². The molecular formula is C11H16ClN3O3S. The minimum atomic E-state index is -3.75. The van der Waals surface area contributed by atoms with Crippen molar-refractivity contribution in [1.29, 1.82) is 0 Å². The molecule has 0 fully saturated rings. The van der Waals surface area contributed by atoms with Crippen molar-refractivity contribution in [3.8, 4) is 0 Å². The van der Waals surface area contributed by atoms with E-state index < -0.39 is 10.0 Å². The number of benzene rings is 1. The van der Waals surface area contributed by atoms with Crippen molar-refractivity contribution >= 4 is 33.2 Å². The maximum absolute atomic E-state index is 12.3. The standard InChI is InChI=1S/C11H16ClN3O3S/c1-14-11(16)5-6-15(2)19(17,18)10-7-8(13)3-4-9(10)12/h3-4,7H,5-6,13H2,1-2H3,(H,14,16). The Kier molecular flexibility index (Phi) is 5.16. The minimum absolute atomic E-state index is 0.0615. The van der Waals surface area contributed by atoms with Gasteiger partial charge in [0.05, 0.1) is 5.02 Å². The molecule has 0 bridgehead atoms. The van der Waals surface area contributed by atoms with E-state index in [-0.39, 0.29) is 28.8 Å². The predicted octanol–water partition coefficient (Wildman–Crippen LogP) is 0.679. The molecule has 6 nitrogen and oxygen atoms in total. The van der Waals surface area contributed by atoms with Crippen LogP contribution in [0.1, 0.15) is 6.42 Å². The van der Waals surface area contributed by atoms with Gasteiger partial charge in [-0.05, 0) is 18.2 Å². The average Bonchev–Trinajstić information content (AvgIpc) is 2.37. The van der Waals surface area contributed by atoms with Gasteiger partial charge in [-0.15, -0.1) is 0 Å². The minimum Gasteiger partial charge on any atom is -0.399 e. The van der Waals surface area contributed by atoms with Gasteiger partial charge in [-0.2, -0.15) is 0 Å². The molecule has 0 heterocycles. The highest BCUT2D eigenvalue weighted by Gasteiger charge is 2.24. The Morgan fingerprint density at radius 1 is 1.47 bits per heavy atom. The zero-order valence-electron chi connectivity index (χ0n) is 10.7. The molecule has 0 aliphatic heterocycles. The van der Waals surface area contributed by atoms with Crippen LogP contribution in [0.15, 0.2) is 23.1 Å². The van der Waals surface area contributed by atoms with Gasteiger partial charge in [0.15, 0.2) is 0 Å².